The fourth-order valence-corrected chi connectivity index (χ4v) is 5.76. The largest absolute Gasteiger partial charge is 0.392 e. The summed E-state index contributed by atoms with van der Waals surface area (Å²) in [5, 5.41) is 21.4. The summed E-state index contributed by atoms with van der Waals surface area (Å²) in [6.07, 6.45) is 5.59. The van der Waals surface area contributed by atoms with Crippen molar-refractivity contribution in [3.8, 4) is 0 Å². The molecule has 1 fully saturated rings. The summed E-state index contributed by atoms with van der Waals surface area (Å²) in [7, 11) is 1.98. The molecule has 1 amide bonds. The Kier molecular flexibility index (Phi) is 5.12. The van der Waals surface area contributed by atoms with Gasteiger partial charge in [-0.25, -0.2) is 4.98 Å². The highest BCUT2D eigenvalue weighted by atomic mass is 16.3. The third-order valence-corrected chi connectivity index (χ3v) is 7.47. The number of rotatable bonds is 5. The van der Waals surface area contributed by atoms with Gasteiger partial charge < -0.3 is 15.0 Å². The van der Waals surface area contributed by atoms with Crippen LogP contribution in [0.25, 0.3) is 0 Å². The van der Waals surface area contributed by atoms with Gasteiger partial charge >= 0.3 is 0 Å². The molecule has 2 heterocycles. The second kappa shape index (κ2) is 7.76. The molecule has 2 aliphatic rings. The van der Waals surface area contributed by atoms with E-state index in [1.54, 1.807) is 12.4 Å². The Balaban J connectivity index is 1.46. The molecule has 0 bridgehead atoms. The van der Waals surface area contributed by atoms with Crippen LogP contribution in [0.2, 0.25) is 0 Å². The first-order valence-corrected chi connectivity index (χ1v) is 11.6. The maximum absolute atomic E-state index is 13.2. The molecule has 7 heteroatoms. The molecule has 5 rings (SSSR count). The number of aryl methyl sites for hydroxylation is 1. The van der Waals surface area contributed by atoms with E-state index in [1.807, 2.05) is 29.8 Å². The van der Waals surface area contributed by atoms with E-state index in [1.165, 1.54) is 0 Å². The second-order valence-corrected chi connectivity index (χ2v) is 10.4. The number of aliphatic hydroxyl groups excluding tert-OH is 1. The van der Waals surface area contributed by atoms with Crippen LogP contribution in [-0.2, 0) is 30.9 Å². The summed E-state index contributed by atoms with van der Waals surface area (Å²) >= 11 is 0. The van der Waals surface area contributed by atoms with Crippen molar-refractivity contribution in [1.82, 2.24) is 19.7 Å². The maximum atomic E-state index is 13.2. The number of nitrogens with one attached hydrogen (secondary N) is 1. The first-order chi connectivity index (χ1) is 15.7. The van der Waals surface area contributed by atoms with Crippen LogP contribution < -0.4 is 5.32 Å². The van der Waals surface area contributed by atoms with Crippen LogP contribution in [0.5, 0.6) is 0 Å². The number of carbonyl (C=O) groups excluding carboxylic acids is 1. The topological polar surface area (TPSA) is 92.9 Å². The number of nitrogens with zero attached hydrogens (tertiary/aromatic N) is 4. The van der Waals surface area contributed by atoms with Crippen LogP contribution in [0.4, 0.5) is 5.69 Å². The Morgan fingerprint density at radius 1 is 1.27 bits per heavy atom. The number of aromatic nitrogens is 4. The molecular formula is C26H31N5O2. The fraction of sp³-hybridized carbons (Fsp3) is 0.462. The molecule has 172 valence electrons. The summed E-state index contributed by atoms with van der Waals surface area (Å²) in [5.41, 5.74) is 4.74. The zero-order valence-electron chi connectivity index (χ0n) is 19.7. The van der Waals surface area contributed by atoms with Gasteiger partial charge in [0.2, 0.25) is 0 Å². The lowest BCUT2D eigenvalue weighted by Crippen LogP contribution is -2.43. The predicted molar refractivity (Wildman–Crippen MR) is 126 cm³/mol. The highest BCUT2D eigenvalue weighted by Crippen LogP contribution is 2.51. The number of anilines is 1. The van der Waals surface area contributed by atoms with Crippen LogP contribution in [0, 0.1) is 5.92 Å². The van der Waals surface area contributed by atoms with Gasteiger partial charge in [-0.3, -0.25) is 4.79 Å². The lowest BCUT2D eigenvalue weighted by Gasteiger charge is -2.46. The molecule has 33 heavy (non-hydrogen) atoms. The van der Waals surface area contributed by atoms with Crippen LogP contribution in [0.1, 0.15) is 78.7 Å². The van der Waals surface area contributed by atoms with Gasteiger partial charge in [0.25, 0.3) is 5.91 Å². The molecule has 2 aliphatic carbocycles. The van der Waals surface area contributed by atoms with E-state index >= 15 is 0 Å². The molecule has 0 unspecified atom stereocenters. The van der Waals surface area contributed by atoms with E-state index in [4.69, 9.17) is 4.98 Å². The Bertz CT molecular complexity index is 1220. The minimum atomic E-state index is -0.262. The van der Waals surface area contributed by atoms with E-state index in [-0.39, 0.29) is 23.3 Å². The Morgan fingerprint density at radius 3 is 2.73 bits per heavy atom. The lowest BCUT2D eigenvalue weighted by atomic mass is 9.58. The van der Waals surface area contributed by atoms with Crippen LogP contribution in [0.15, 0.2) is 36.7 Å². The molecule has 3 aromatic rings. The SMILES string of the molecule is CC1CC(c2cccc(NC(=O)c3cc(CO)c4c(n3)C(C)(C)CC4)c2)(c2nncn2C)C1. The van der Waals surface area contributed by atoms with Crippen molar-refractivity contribution >= 4 is 11.6 Å². The van der Waals surface area contributed by atoms with Gasteiger partial charge in [0.1, 0.15) is 17.8 Å². The van der Waals surface area contributed by atoms with Gasteiger partial charge in [-0.2, -0.15) is 0 Å². The first kappa shape index (κ1) is 21.8. The van der Waals surface area contributed by atoms with Crippen molar-refractivity contribution in [2.75, 3.05) is 5.32 Å². The van der Waals surface area contributed by atoms with E-state index < -0.39 is 0 Å². The minimum Gasteiger partial charge on any atom is -0.392 e. The van der Waals surface area contributed by atoms with Gasteiger partial charge in [0.15, 0.2) is 0 Å². The monoisotopic (exact) mass is 445 g/mol. The molecule has 7 nitrogen and oxygen atoms in total. The van der Waals surface area contributed by atoms with Crippen molar-refractivity contribution in [3.63, 3.8) is 0 Å². The van der Waals surface area contributed by atoms with Gasteiger partial charge in [-0.15, -0.1) is 10.2 Å². The average Bonchev–Trinajstić information content (AvgIpc) is 3.33. The third-order valence-electron chi connectivity index (χ3n) is 7.47. The zero-order chi connectivity index (χ0) is 23.4. The van der Waals surface area contributed by atoms with Crippen molar-refractivity contribution in [2.45, 2.75) is 63.9 Å². The predicted octanol–water partition coefficient (Wildman–Crippen LogP) is 3.89. The van der Waals surface area contributed by atoms with Crippen LogP contribution in [-0.4, -0.2) is 30.8 Å². The van der Waals surface area contributed by atoms with Crippen molar-refractivity contribution in [3.05, 3.63) is 70.6 Å². The lowest BCUT2D eigenvalue weighted by molar-refractivity contribution is 0.102. The van der Waals surface area contributed by atoms with E-state index in [2.05, 4.69) is 42.4 Å². The maximum Gasteiger partial charge on any atom is 0.274 e. The van der Waals surface area contributed by atoms with Gasteiger partial charge in [-0.05, 0) is 66.5 Å². The highest BCUT2D eigenvalue weighted by Gasteiger charge is 2.48. The molecule has 1 saturated carbocycles. The number of amides is 1. The molecule has 0 spiro atoms. The van der Waals surface area contributed by atoms with Crippen LogP contribution in [0.3, 0.4) is 0 Å². The van der Waals surface area contributed by atoms with E-state index in [9.17, 15) is 9.90 Å². The number of benzene rings is 1. The van der Waals surface area contributed by atoms with E-state index in [0.717, 1.165) is 59.6 Å². The molecule has 0 saturated heterocycles. The minimum absolute atomic E-state index is 0.0882. The summed E-state index contributed by atoms with van der Waals surface area (Å²) in [6.45, 7) is 6.45. The van der Waals surface area contributed by atoms with Crippen molar-refractivity contribution < 1.29 is 9.90 Å². The van der Waals surface area contributed by atoms with Crippen LogP contribution >= 0.6 is 0 Å². The van der Waals surface area contributed by atoms with Crippen molar-refractivity contribution in [2.24, 2.45) is 13.0 Å². The average molecular weight is 446 g/mol. The van der Waals surface area contributed by atoms with E-state index in [0.29, 0.717) is 11.6 Å². The normalized spacial score (nSPS) is 23.1. The number of aliphatic hydroxyl groups is 1. The number of pyridine rings is 1. The third kappa shape index (κ3) is 3.55. The Hall–Kier alpha value is -3.06. The standard InChI is InChI=1S/C26H31N5O2/c1-16-12-26(13-16,24-30-27-15-31(24)4)18-6-5-7-19(11-18)28-23(33)21-10-17(14-32)20-8-9-25(2,3)22(20)29-21/h5-7,10-11,15-16,32H,8-9,12-14H2,1-4H3,(H,28,33). The second-order valence-electron chi connectivity index (χ2n) is 10.4. The summed E-state index contributed by atoms with van der Waals surface area (Å²) in [4.78, 5) is 17.9. The summed E-state index contributed by atoms with van der Waals surface area (Å²) < 4.78 is 1.99. The van der Waals surface area contributed by atoms with Gasteiger partial charge in [0.05, 0.1) is 17.7 Å². The highest BCUT2D eigenvalue weighted by molar-refractivity contribution is 6.03. The summed E-state index contributed by atoms with van der Waals surface area (Å²) in [6, 6.07) is 9.76. The van der Waals surface area contributed by atoms with Gasteiger partial charge in [0, 0.05) is 18.2 Å². The zero-order valence-corrected chi connectivity index (χ0v) is 19.7. The Labute approximate surface area is 194 Å². The van der Waals surface area contributed by atoms with Crippen molar-refractivity contribution in [1.29, 1.82) is 0 Å². The molecule has 2 N–H and O–H groups in total. The number of hydrogen-bond donors (Lipinski definition) is 2. The first-order valence-electron chi connectivity index (χ1n) is 11.6. The molecule has 0 atom stereocenters. The quantitative estimate of drug-likeness (QED) is 0.621. The molecule has 1 aromatic carbocycles. The smallest absolute Gasteiger partial charge is 0.274 e. The number of carbonyl (C=O) groups is 1. The molecule has 2 aromatic heterocycles. The number of fused-ring (bicyclic) bond motifs is 1. The molecule has 0 aliphatic heterocycles. The van der Waals surface area contributed by atoms with Gasteiger partial charge in [-0.1, -0.05) is 32.9 Å². The molecular weight excluding hydrogens is 414 g/mol. The number of hydrogen-bond acceptors (Lipinski definition) is 5. The fourth-order valence-electron chi connectivity index (χ4n) is 5.76. The molecule has 0 radical (unpaired) electrons. The summed E-state index contributed by atoms with van der Waals surface area (Å²) in [5.74, 6) is 1.30. The Morgan fingerprint density at radius 2 is 2.06 bits per heavy atom.